The Morgan fingerprint density at radius 2 is 1.92 bits per heavy atom. The number of nitrogens with two attached hydrogens (primary N) is 1. The Bertz CT molecular complexity index is 1040. The Kier molecular flexibility index (Phi) is 3.60. The van der Waals surface area contributed by atoms with E-state index in [1.54, 1.807) is 18.2 Å². The van der Waals surface area contributed by atoms with E-state index in [4.69, 9.17) is 20.2 Å². The zero-order valence-electron chi connectivity index (χ0n) is 14.2. The molecule has 0 amide bonds. The predicted molar refractivity (Wildman–Crippen MR) is 101 cm³/mol. The van der Waals surface area contributed by atoms with Crippen LogP contribution in [0.2, 0.25) is 0 Å². The van der Waals surface area contributed by atoms with E-state index in [9.17, 15) is 4.79 Å². The van der Waals surface area contributed by atoms with Gasteiger partial charge in [0.2, 0.25) is 12.6 Å². The number of aryl methyl sites for hydroxylation is 2. The molecule has 1 aliphatic carbocycles. The van der Waals surface area contributed by atoms with Crippen LogP contribution >= 0.6 is 11.3 Å². The Balaban J connectivity index is 1.58. The van der Waals surface area contributed by atoms with Gasteiger partial charge in [-0.1, -0.05) is 6.42 Å². The lowest BCUT2D eigenvalue weighted by molar-refractivity contribution is 0.104. The molecule has 5 rings (SSSR count). The minimum atomic E-state index is -0.0982. The van der Waals surface area contributed by atoms with Crippen LogP contribution in [-0.4, -0.2) is 17.6 Å². The number of nitrogens with zero attached hydrogens (tertiary/aromatic N) is 1. The molecule has 2 N–H and O–H groups in total. The highest BCUT2D eigenvalue weighted by molar-refractivity contribution is 7.21. The molecular weight excluding hydrogens is 348 g/mol. The minimum Gasteiger partial charge on any atom is -0.454 e. The summed E-state index contributed by atoms with van der Waals surface area (Å²) in [5.41, 5.74) is 9.88. The maximum atomic E-state index is 13.0. The molecule has 0 fully saturated rings. The molecule has 132 valence electrons. The molecule has 0 bridgehead atoms. The van der Waals surface area contributed by atoms with Gasteiger partial charge in [-0.25, -0.2) is 4.98 Å². The second kappa shape index (κ2) is 5.99. The lowest BCUT2D eigenvalue weighted by atomic mass is 10.0. The fraction of sp³-hybridized carbons (Fsp3) is 0.300. The van der Waals surface area contributed by atoms with Crippen molar-refractivity contribution in [3.63, 3.8) is 0 Å². The third-order valence-electron chi connectivity index (χ3n) is 5.09. The first-order valence-corrected chi connectivity index (χ1v) is 9.67. The van der Waals surface area contributed by atoms with Crippen LogP contribution in [-0.2, 0) is 12.8 Å². The number of anilines is 1. The summed E-state index contributed by atoms with van der Waals surface area (Å²) in [5, 5.41) is 0.903. The molecule has 0 radical (unpaired) electrons. The van der Waals surface area contributed by atoms with Gasteiger partial charge < -0.3 is 15.2 Å². The number of hydrogen-bond acceptors (Lipinski definition) is 6. The number of hydrogen-bond donors (Lipinski definition) is 1. The van der Waals surface area contributed by atoms with Crippen molar-refractivity contribution >= 4 is 33.0 Å². The number of nitrogen functional groups attached to an aromatic ring is 1. The number of aromatic nitrogens is 1. The number of fused-ring (bicyclic) bond motifs is 3. The molecule has 1 aromatic carbocycles. The van der Waals surface area contributed by atoms with Crippen molar-refractivity contribution in [2.24, 2.45) is 0 Å². The molecule has 26 heavy (non-hydrogen) atoms. The van der Waals surface area contributed by atoms with E-state index in [0.717, 1.165) is 23.1 Å². The Labute approximate surface area is 154 Å². The first kappa shape index (κ1) is 15.6. The van der Waals surface area contributed by atoms with Gasteiger partial charge in [0.1, 0.15) is 9.71 Å². The van der Waals surface area contributed by atoms with Gasteiger partial charge in [0.25, 0.3) is 0 Å². The second-order valence-corrected chi connectivity index (χ2v) is 7.75. The van der Waals surface area contributed by atoms with Gasteiger partial charge in [0.15, 0.2) is 11.5 Å². The number of rotatable bonds is 2. The highest BCUT2D eigenvalue weighted by Gasteiger charge is 2.23. The lowest BCUT2D eigenvalue weighted by Gasteiger charge is -2.04. The van der Waals surface area contributed by atoms with Gasteiger partial charge in [0.05, 0.1) is 5.69 Å². The zero-order valence-corrected chi connectivity index (χ0v) is 15.0. The van der Waals surface area contributed by atoms with Crippen molar-refractivity contribution in [2.45, 2.75) is 32.1 Å². The molecule has 3 heterocycles. The summed E-state index contributed by atoms with van der Waals surface area (Å²) in [4.78, 5) is 19.3. The first-order chi connectivity index (χ1) is 12.7. The topological polar surface area (TPSA) is 74.4 Å². The molecule has 5 nitrogen and oxygen atoms in total. The number of thiophene rings is 1. The molecule has 0 saturated carbocycles. The van der Waals surface area contributed by atoms with E-state index < -0.39 is 0 Å². The Hall–Kier alpha value is -2.60. The minimum absolute atomic E-state index is 0.0982. The summed E-state index contributed by atoms with van der Waals surface area (Å²) < 4.78 is 10.7. The van der Waals surface area contributed by atoms with Gasteiger partial charge >= 0.3 is 0 Å². The lowest BCUT2D eigenvalue weighted by Crippen LogP contribution is -2.02. The summed E-state index contributed by atoms with van der Waals surface area (Å²) >= 11 is 1.38. The molecule has 0 saturated heterocycles. The van der Waals surface area contributed by atoms with Crippen molar-refractivity contribution in [1.82, 2.24) is 4.98 Å². The first-order valence-electron chi connectivity index (χ1n) is 8.86. The largest absolute Gasteiger partial charge is 0.454 e. The average Bonchev–Trinajstić information content (AvgIpc) is 3.16. The van der Waals surface area contributed by atoms with Crippen LogP contribution in [0.25, 0.3) is 10.2 Å². The summed E-state index contributed by atoms with van der Waals surface area (Å²) in [5.74, 6) is 1.16. The standard InChI is InChI=1S/C20H18N2O3S/c21-17-13-8-11-4-2-1-3-5-14(11)22-20(13)26-19(17)18(23)12-6-7-15-16(9-12)25-10-24-15/h6-9H,1-5,10,21H2. The van der Waals surface area contributed by atoms with Crippen LogP contribution in [0.4, 0.5) is 5.69 Å². The van der Waals surface area contributed by atoms with E-state index in [-0.39, 0.29) is 12.6 Å². The quantitative estimate of drug-likeness (QED) is 0.546. The van der Waals surface area contributed by atoms with Crippen LogP contribution in [0, 0.1) is 0 Å². The van der Waals surface area contributed by atoms with Gasteiger partial charge in [-0.2, -0.15) is 0 Å². The van der Waals surface area contributed by atoms with Crippen LogP contribution < -0.4 is 15.2 Å². The summed E-state index contributed by atoms with van der Waals surface area (Å²) in [7, 11) is 0. The maximum Gasteiger partial charge on any atom is 0.231 e. The van der Waals surface area contributed by atoms with Crippen molar-refractivity contribution in [1.29, 1.82) is 0 Å². The fourth-order valence-electron chi connectivity index (χ4n) is 3.67. The van der Waals surface area contributed by atoms with E-state index >= 15 is 0 Å². The predicted octanol–water partition coefficient (Wildman–Crippen LogP) is 4.11. The van der Waals surface area contributed by atoms with Gasteiger partial charge in [-0.15, -0.1) is 11.3 Å². The normalized spacial score (nSPS) is 15.7. The van der Waals surface area contributed by atoms with Gasteiger partial charge in [-0.05, 0) is 55.5 Å². The van der Waals surface area contributed by atoms with Crippen LogP contribution in [0.5, 0.6) is 11.5 Å². The summed E-state index contributed by atoms with van der Waals surface area (Å²) in [6.07, 6.45) is 5.66. The molecule has 1 aliphatic heterocycles. The number of carbonyl (C=O) groups is 1. The number of ether oxygens (including phenoxy) is 2. The monoisotopic (exact) mass is 366 g/mol. The molecule has 6 heteroatoms. The molecule has 2 aromatic heterocycles. The molecule has 0 spiro atoms. The maximum absolute atomic E-state index is 13.0. The van der Waals surface area contributed by atoms with Crippen molar-refractivity contribution in [2.75, 3.05) is 12.5 Å². The zero-order chi connectivity index (χ0) is 17.7. The third-order valence-corrected chi connectivity index (χ3v) is 6.20. The van der Waals surface area contributed by atoms with Gasteiger partial charge in [0, 0.05) is 16.6 Å². The van der Waals surface area contributed by atoms with E-state index in [1.807, 2.05) is 0 Å². The van der Waals surface area contributed by atoms with E-state index in [0.29, 0.717) is 27.6 Å². The van der Waals surface area contributed by atoms with Crippen LogP contribution in [0.1, 0.15) is 45.8 Å². The molecule has 2 aliphatic rings. The summed E-state index contributed by atoms with van der Waals surface area (Å²) in [6, 6.07) is 7.38. The summed E-state index contributed by atoms with van der Waals surface area (Å²) in [6.45, 7) is 0.188. The Morgan fingerprint density at radius 3 is 2.85 bits per heavy atom. The number of ketones is 1. The number of pyridine rings is 1. The van der Waals surface area contributed by atoms with Crippen LogP contribution in [0.15, 0.2) is 24.3 Å². The van der Waals surface area contributed by atoms with Crippen LogP contribution in [0.3, 0.4) is 0 Å². The molecule has 3 aromatic rings. The van der Waals surface area contributed by atoms with E-state index in [1.165, 1.54) is 41.9 Å². The van der Waals surface area contributed by atoms with Gasteiger partial charge in [-0.3, -0.25) is 4.79 Å². The fourth-order valence-corrected chi connectivity index (χ4v) is 4.73. The third kappa shape index (κ3) is 2.44. The smallest absolute Gasteiger partial charge is 0.231 e. The second-order valence-electron chi connectivity index (χ2n) is 6.75. The SMILES string of the molecule is Nc1c(C(=O)c2ccc3c(c2)OCO3)sc2nc3c(cc12)CCCCC3. The van der Waals surface area contributed by atoms with Crippen molar-refractivity contribution in [3.8, 4) is 11.5 Å². The number of carbonyl (C=O) groups excluding carboxylic acids is 1. The average molecular weight is 366 g/mol. The highest BCUT2D eigenvalue weighted by atomic mass is 32.1. The van der Waals surface area contributed by atoms with Crippen molar-refractivity contribution < 1.29 is 14.3 Å². The highest BCUT2D eigenvalue weighted by Crippen LogP contribution is 2.38. The molecule has 0 atom stereocenters. The molecular formula is C20H18N2O3S. The van der Waals surface area contributed by atoms with Crippen molar-refractivity contribution in [3.05, 3.63) is 46.0 Å². The Morgan fingerprint density at radius 1 is 1.08 bits per heavy atom. The number of benzene rings is 1. The van der Waals surface area contributed by atoms with E-state index in [2.05, 4.69) is 6.07 Å². The molecule has 0 unspecified atom stereocenters.